The zero-order chi connectivity index (χ0) is 9.26. The maximum absolute atomic E-state index is 5.92. The van der Waals surface area contributed by atoms with Crippen LogP contribution in [0.25, 0.3) is 0 Å². The van der Waals surface area contributed by atoms with Crippen LogP contribution >= 0.6 is 24.8 Å². The lowest BCUT2D eigenvalue weighted by molar-refractivity contribution is 0.0950. The van der Waals surface area contributed by atoms with Crippen LogP contribution in [0.4, 0.5) is 0 Å². The highest BCUT2D eigenvalue weighted by Crippen LogP contribution is 2.26. The van der Waals surface area contributed by atoms with Crippen molar-refractivity contribution in [2.45, 2.75) is 32.0 Å². The van der Waals surface area contributed by atoms with Crippen LogP contribution in [0, 0.1) is 0 Å². The number of rotatable bonds is 2. The summed E-state index contributed by atoms with van der Waals surface area (Å²) in [7, 11) is 0. The Morgan fingerprint density at radius 1 is 1.60 bits per heavy atom. The summed E-state index contributed by atoms with van der Waals surface area (Å²) in [6, 6.07) is 0.104. The van der Waals surface area contributed by atoms with Gasteiger partial charge < -0.3 is 15.0 Å². The van der Waals surface area contributed by atoms with E-state index in [1.165, 1.54) is 0 Å². The van der Waals surface area contributed by atoms with Crippen molar-refractivity contribution in [1.29, 1.82) is 0 Å². The van der Waals surface area contributed by atoms with Gasteiger partial charge in [0.1, 0.15) is 11.9 Å². The monoisotopic (exact) mass is 253 g/mol. The predicted molar refractivity (Wildman–Crippen MR) is 63.7 cm³/mol. The Morgan fingerprint density at radius 3 is 2.87 bits per heavy atom. The first-order valence-corrected chi connectivity index (χ1v) is 4.71. The zero-order valence-corrected chi connectivity index (χ0v) is 10.3. The fourth-order valence-corrected chi connectivity index (χ4v) is 1.72. The fraction of sp³-hybridized carbons (Fsp3) is 0.667. The van der Waals surface area contributed by atoms with Crippen molar-refractivity contribution in [2.75, 3.05) is 6.61 Å². The fourth-order valence-electron chi connectivity index (χ4n) is 1.72. The van der Waals surface area contributed by atoms with Crippen LogP contribution in [0.3, 0.4) is 0 Å². The van der Waals surface area contributed by atoms with Crippen molar-refractivity contribution in [3.8, 4) is 0 Å². The van der Waals surface area contributed by atoms with Gasteiger partial charge >= 0.3 is 0 Å². The Kier molecular flexibility index (Phi) is 6.20. The molecule has 0 amide bonds. The second kappa shape index (κ2) is 6.33. The Morgan fingerprint density at radius 2 is 2.33 bits per heavy atom. The minimum atomic E-state index is -0.00468. The molecule has 6 heteroatoms. The highest BCUT2D eigenvalue weighted by atomic mass is 35.5. The summed E-state index contributed by atoms with van der Waals surface area (Å²) in [5.74, 6) is 0.965. The lowest BCUT2D eigenvalue weighted by Gasteiger charge is -2.14. The van der Waals surface area contributed by atoms with Crippen LogP contribution in [0.5, 0.6) is 0 Å². The molecule has 2 atom stereocenters. The molecule has 1 aliphatic rings. The molecule has 1 saturated heterocycles. The van der Waals surface area contributed by atoms with E-state index in [0.29, 0.717) is 0 Å². The number of hydrogen-bond acceptors (Lipinski definition) is 3. The number of aromatic nitrogens is 2. The normalized spacial score (nSPS) is 24.4. The molecule has 1 fully saturated rings. The maximum Gasteiger partial charge on any atom is 0.139 e. The highest BCUT2D eigenvalue weighted by molar-refractivity contribution is 5.85. The van der Waals surface area contributed by atoms with Crippen molar-refractivity contribution in [1.82, 2.24) is 9.55 Å². The standard InChI is InChI=1S/C9H15N3O.2ClH/c1-2-12-5-4-11-9(12)8-7(10)3-6-13-8;;/h4-5,7-8H,2-3,6,10H2,1H3;2*1H/t7-,8-;;/m0../s1. The number of nitrogens with two attached hydrogens (primary N) is 1. The van der Waals surface area contributed by atoms with Crippen LogP contribution in [0.2, 0.25) is 0 Å². The molecule has 1 aromatic heterocycles. The second-order valence-electron chi connectivity index (χ2n) is 3.32. The first-order chi connectivity index (χ1) is 6.33. The van der Waals surface area contributed by atoms with E-state index < -0.39 is 0 Å². The van der Waals surface area contributed by atoms with E-state index in [9.17, 15) is 0 Å². The maximum atomic E-state index is 5.92. The van der Waals surface area contributed by atoms with Gasteiger partial charge in [-0.25, -0.2) is 4.98 Å². The minimum absolute atomic E-state index is 0. The van der Waals surface area contributed by atoms with E-state index in [1.807, 2.05) is 6.20 Å². The molecular formula is C9H17Cl2N3O. The number of aryl methyl sites for hydroxylation is 1. The Balaban J connectivity index is 0.000000980. The van der Waals surface area contributed by atoms with Crippen LogP contribution in [-0.2, 0) is 11.3 Å². The molecule has 4 nitrogen and oxygen atoms in total. The molecule has 0 radical (unpaired) electrons. The summed E-state index contributed by atoms with van der Waals surface area (Å²) >= 11 is 0. The van der Waals surface area contributed by atoms with Gasteiger partial charge in [-0.05, 0) is 13.3 Å². The smallest absolute Gasteiger partial charge is 0.139 e. The average Bonchev–Trinajstić information content (AvgIpc) is 2.71. The second-order valence-corrected chi connectivity index (χ2v) is 3.32. The van der Waals surface area contributed by atoms with Crippen molar-refractivity contribution in [3.63, 3.8) is 0 Å². The van der Waals surface area contributed by atoms with Crippen molar-refractivity contribution >= 4 is 24.8 Å². The van der Waals surface area contributed by atoms with E-state index in [0.717, 1.165) is 25.4 Å². The lowest BCUT2D eigenvalue weighted by atomic mass is 10.1. The molecule has 2 N–H and O–H groups in total. The molecule has 2 heterocycles. The predicted octanol–water partition coefficient (Wildman–Crippen LogP) is 1.54. The lowest BCUT2D eigenvalue weighted by Crippen LogP contribution is -2.25. The largest absolute Gasteiger partial charge is 0.369 e. The Labute approximate surface area is 102 Å². The quantitative estimate of drug-likeness (QED) is 0.870. The van der Waals surface area contributed by atoms with Crippen LogP contribution in [0.1, 0.15) is 25.3 Å². The third kappa shape index (κ3) is 2.84. The molecule has 0 spiro atoms. The summed E-state index contributed by atoms with van der Waals surface area (Å²) in [4.78, 5) is 4.28. The van der Waals surface area contributed by atoms with E-state index in [-0.39, 0.29) is 37.0 Å². The Bertz CT molecular complexity index is 293. The number of halogens is 2. The zero-order valence-electron chi connectivity index (χ0n) is 8.63. The summed E-state index contributed by atoms with van der Waals surface area (Å²) in [6.07, 6.45) is 4.69. The number of imidazole rings is 1. The van der Waals surface area contributed by atoms with Gasteiger partial charge in [0.05, 0.1) is 0 Å². The van der Waals surface area contributed by atoms with Gasteiger partial charge in [-0.15, -0.1) is 24.8 Å². The highest BCUT2D eigenvalue weighted by Gasteiger charge is 2.29. The van der Waals surface area contributed by atoms with E-state index in [2.05, 4.69) is 16.5 Å². The number of hydrogen-bond donors (Lipinski definition) is 1. The van der Waals surface area contributed by atoms with Crippen molar-refractivity contribution in [3.05, 3.63) is 18.2 Å². The van der Waals surface area contributed by atoms with Gasteiger partial charge in [-0.1, -0.05) is 0 Å². The minimum Gasteiger partial charge on any atom is -0.369 e. The van der Waals surface area contributed by atoms with E-state index >= 15 is 0 Å². The number of nitrogens with zero attached hydrogens (tertiary/aromatic N) is 2. The topological polar surface area (TPSA) is 53.1 Å². The first-order valence-electron chi connectivity index (χ1n) is 4.71. The molecule has 1 aromatic rings. The molecular weight excluding hydrogens is 237 g/mol. The van der Waals surface area contributed by atoms with Crippen LogP contribution in [0.15, 0.2) is 12.4 Å². The molecule has 0 aromatic carbocycles. The molecule has 15 heavy (non-hydrogen) atoms. The average molecular weight is 254 g/mol. The van der Waals surface area contributed by atoms with E-state index in [1.54, 1.807) is 6.20 Å². The van der Waals surface area contributed by atoms with Gasteiger partial charge in [0.25, 0.3) is 0 Å². The van der Waals surface area contributed by atoms with Crippen LogP contribution in [-0.4, -0.2) is 22.2 Å². The van der Waals surface area contributed by atoms with Crippen molar-refractivity contribution < 1.29 is 4.74 Å². The molecule has 1 aliphatic heterocycles. The van der Waals surface area contributed by atoms with Crippen LogP contribution < -0.4 is 5.73 Å². The van der Waals surface area contributed by atoms with Gasteiger partial charge in [0.15, 0.2) is 0 Å². The first kappa shape index (κ1) is 14.7. The molecule has 2 rings (SSSR count). The summed E-state index contributed by atoms with van der Waals surface area (Å²) in [5.41, 5.74) is 5.92. The van der Waals surface area contributed by atoms with Gasteiger partial charge in [-0.3, -0.25) is 0 Å². The van der Waals surface area contributed by atoms with Gasteiger partial charge in [-0.2, -0.15) is 0 Å². The van der Waals surface area contributed by atoms with E-state index in [4.69, 9.17) is 10.5 Å². The SMILES string of the molecule is CCn1ccnc1[C@H]1OCC[C@@H]1N.Cl.Cl. The molecule has 0 saturated carbocycles. The third-order valence-corrected chi connectivity index (χ3v) is 2.48. The molecule has 0 aliphatic carbocycles. The molecule has 0 unspecified atom stereocenters. The summed E-state index contributed by atoms with van der Waals surface area (Å²) in [6.45, 7) is 3.76. The summed E-state index contributed by atoms with van der Waals surface area (Å²) < 4.78 is 7.62. The summed E-state index contributed by atoms with van der Waals surface area (Å²) in [5, 5.41) is 0. The molecule has 88 valence electrons. The van der Waals surface area contributed by atoms with Crippen molar-refractivity contribution in [2.24, 2.45) is 5.73 Å². The Hall–Kier alpha value is -0.290. The number of ether oxygens (including phenoxy) is 1. The van der Waals surface area contributed by atoms with Gasteiger partial charge in [0, 0.05) is 31.6 Å². The third-order valence-electron chi connectivity index (χ3n) is 2.48. The molecule has 0 bridgehead atoms. The van der Waals surface area contributed by atoms with Gasteiger partial charge in [0.2, 0.25) is 0 Å².